The van der Waals surface area contributed by atoms with Crippen LogP contribution in [-0.4, -0.2) is 54.7 Å². The van der Waals surface area contributed by atoms with Gasteiger partial charge in [0.2, 0.25) is 5.95 Å². The molecule has 0 radical (unpaired) electrons. The Bertz CT molecular complexity index is 999. The Balaban J connectivity index is 1.44. The second-order valence-corrected chi connectivity index (χ2v) is 7.77. The summed E-state index contributed by atoms with van der Waals surface area (Å²) in [4.78, 5) is 13.9. The molecule has 0 spiro atoms. The quantitative estimate of drug-likeness (QED) is 0.589. The molecule has 2 aromatic carbocycles. The summed E-state index contributed by atoms with van der Waals surface area (Å²) in [5.41, 5.74) is 4.11. The highest BCUT2D eigenvalue weighted by Crippen LogP contribution is 2.25. The second kappa shape index (κ2) is 9.66. The number of anilines is 5. The van der Waals surface area contributed by atoms with Crippen molar-refractivity contribution >= 4 is 28.8 Å². The van der Waals surface area contributed by atoms with Gasteiger partial charge in [0.15, 0.2) is 0 Å². The predicted octanol–water partition coefficient (Wildman–Crippen LogP) is 4.42. The maximum atomic E-state index is 5.58. The number of likely N-dealkylation sites (N-methyl/N-ethyl adjacent to an activating group) is 1. The predicted molar refractivity (Wildman–Crippen MR) is 127 cm³/mol. The number of nitrogens with zero attached hydrogens (tertiary/aromatic N) is 4. The summed E-state index contributed by atoms with van der Waals surface area (Å²) in [6.07, 6.45) is 1.82. The van der Waals surface area contributed by atoms with Gasteiger partial charge >= 0.3 is 0 Å². The summed E-state index contributed by atoms with van der Waals surface area (Å²) in [6.45, 7) is 8.92. The molecular formula is C24H30N6O. The lowest BCUT2D eigenvalue weighted by Gasteiger charge is -2.34. The molecule has 0 aliphatic carbocycles. The van der Waals surface area contributed by atoms with Crippen molar-refractivity contribution in [2.75, 3.05) is 55.4 Å². The number of aromatic nitrogens is 2. The molecule has 0 bridgehead atoms. The average Bonchev–Trinajstić information content (AvgIpc) is 2.78. The molecule has 3 aromatic rings. The van der Waals surface area contributed by atoms with Gasteiger partial charge in [-0.05, 0) is 57.3 Å². The molecule has 4 rings (SSSR count). The number of benzene rings is 2. The average molecular weight is 419 g/mol. The zero-order chi connectivity index (χ0) is 21.6. The van der Waals surface area contributed by atoms with E-state index in [9.17, 15) is 0 Å². The number of nitrogens with one attached hydrogen (secondary N) is 2. The van der Waals surface area contributed by atoms with Crippen molar-refractivity contribution in [2.45, 2.75) is 13.8 Å². The number of rotatable bonds is 7. The highest BCUT2D eigenvalue weighted by molar-refractivity contribution is 5.64. The van der Waals surface area contributed by atoms with Crippen LogP contribution in [0.5, 0.6) is 5.75 Å². The highest BCUT2D eigenvalue weighted by Gasteiger charge is 2.14. The number of hydrogen-bond donors (Lipinski definition) is 2. The van der Waals surface area contributed by atoms with Gasteiger partial charge in [-0.15, -0.1) is 0 Å². The van der Waals surface area contributed by atoms with Crippen molar-refractivity contribution in [1.29, 1.82) is 0 Å². The van der Waals surface area contributed by atoms with E-state index in [0.717, 1.165) is 54.7 Å². The fraction of sp³-hybridized carbons (Fsp3) is 0.333. The van der Waals surface area contributed by atoms with Crippen LogP contribution in [0.3, 0.4) is 0 Å². The first kappa shape index (κ1) is 20.9. The Morgan fingerprint density at radius 3 is 2.48 bits per heavy atom. The van der Waals surface area contributed by atoms with Crippen molar-refractivity contribution in [3.05, 3.63) is 60.3 Å². The molecule has 2 heterocycles. The minimum atomic E-state index is 0.557. The number of hydrogen-bond acceptors (Lipinski definition) is 7. The molecule has 0 saturated carbocycles. The smallest absolute Gasteiger partial charge is 0.229 e. The molecule has 1 aliphatic heterocycles. The molecule has 2 N–H and O–H groups in total. The van der Waals surface area contributed by atoms with Crippen molar-refractivity contribution < 1.29 is 4.74 Å². The van der Waals surface area contributed by atoms with Crippen LogP contribution < -0.4 is 20.3 Å². The van der Waals surface area contributed by atoms with Gasteiger partial charge in [0.1, 0.15) is 11.6 Å². The van der Waals surface area contributed by atoms with E-state index in [1.54, 1.807) is 0 Å². The van der Waals surface area contributed by atoms with E-state index in [1.165, 1.54) is 5.69 Å². The maximum Gasteiger partial charge on any atom is 0.229 e. The number of piperazine rings is 1. The Morgan fingerprint density at radius 2 is 1.74 bits per heavy atom. The van der Waals surface area contributed by atoms with Gasteiger partial charge in [-0.25, -0.2) is 4.98 Å². The van der Waals surface area contributed by atoms with Crippen LogP contribution in [0.2, 0.25) is 0 Å². The molecule has 1 aliphatic rings. The van der Waals surface area contributed by atoms with Gasteiger partial charge in [-0.3, -0.25) is 0 Å². The number of ether oxygens (including phenoxy) is 1. The van der Waals surface area contributed by atoms with E-state index in [0.29, 0.717) is 12.6 Å². The van der Waals surface area contributed by atoms with Crippen molar-refractivity contribution in [2.24, 2.45) is 0 Å². The molecule has 1 saturated heterocycles. The minimum Gasteiger partial charge on any atom is -0.494 e. The summed E-state index contributed by atoms with van der Waals surface area (Å²) in [5, 5.41) is 6.68. The molecular weight excluding hydrogens is 388 g/mol. The van der Waals surface area contributed by atoms with Crippen molar-refractivity contribution in [1.82, 2.24) is 14.9 Å². The van der Waals surface area contributed by atoms with Gasteiger partial charge in [0.05, 0.1) is 6.61 Å². The van der Waals surface area contributed by atoms with Crippen LogP contribution in [0.25, 0.3) is 0 Å². The summed E-state index contributed by atoms with van der Waals surface area (Å²) < 4.78 is 5.58. The van der Waals surface area contributed by atoms with Crippen LogP contribution in [0, 0.1) is 6.92 Å². The van der Waals surface area contributed by atoms with E-state index in [1.807, 2.05) is 44.3 Å². The van der Waals surface area contributed by atoms with Crippen LogP contribution in [0.1, 0.15) is 12.5 Å². The summed E-state index contributed by atoms with van der Waals surface area (Å²) in [7, 11) is 2.17. The van der Waals surface area contributed by atoms with Gasteiger partial charge < -0.3 is 25.2 Å². The molecule has 1 aromatic heterocycles. The summed E-state index contributed by atoms with van der Waals surface area (Å²) in [6, 6.07) is 16.3. The second-order valence-electron chi connectivity index (χ2n) is 7.77. The SMILES string of the molecule is CCOc1cccc(Nc2nc(Nc3ccc(N4CCN(C)CC4)cc3)ncc2C)c1. The molecule has 1 fully saturated rings. The van der Waals surface area contributed by atoms with Crippen LogP contribution in [0.4, 0.5) is 28.8 Å². The molecule has 162 valence electrons. The van der Waals surface area contributed by atoms with Crippen molar-refractivity contribution in [3.63, 3.8) is 0 Å². The van der Waals surface area contributed by atoms with Crippen LogP contribution in [0.15, 0.2) is 54.7 Å². The zero-order valence-corrected chi connectivity index (χ0v) is 18.4. The summed E-state index contributed by atoms with van der Waals surface area (Å²) >= 11 is 0. The molecule has 31 heavy (non-hydrogen) atoms. The fourth-order valence-corrected chi connectivity index (χ4v) is 3.55. The molecule has 0 atom stereocenters. The van der Waals surface area contributed by atoms with E-state index in [2.05, 4.69) is 61.7 Å². The zero-order valence-electron chi connectivity index (χ0n) is 18.4. The monoisotopic (exact) mass is 418 g/mol. The first-order valence-corrected chi connectivity index (χ1v) is 10.7. The van der Waals surface area contributed by atoms with E-state index >= 15 is 0 Å². The molecule has 7 heteroatoms. The lowest BCUT2D eigenvalue weighted by atomic mass is 10.2. The lowest BCUT2D eigenvalue weighted by molar-refractivity contribution is 0.313. The third-order valence-electron chi connectivity index (χ3n) is 5.37. The maximum absolute atomic E-state index is 5.58. The van der Waals surface area contributed by atoms with Gasteiger partial charge in [-0.1, -0.05) is 6.07 Å². The molecule has 0 unspecified atom stereocenters. The Morgan fingerprint density at radius 1 is 0.968 bits per heavy atom. The lowest BCUT2D eigenvalue weighted by Crippen LogP contribution is -2.44. The Hall–Kier alpha value is -3.32. The van der Waals surface area contributed by atoms with Gasteiger partial charge in [0, 0.05) is 61.1 Å². The topological polar surface area (TPSA) is 65.6 Å². The third-order valence-corrected chi connectivity index (χ3v) is 5.37. The minimum absolute atomic E-state index is 0.557. The van der Waals surface area contributed by atoms with Crippen LogP contribution >= 0.6 is 0 Å². The largest absolute Gasteiger partial charge is 0.494 e. The highest BCUT2D eigenvalue weighted by atomic mass is 16.5. The first-order chi connectivity index (χ1) is 15.1. The standard InChI is InChI=1S/C24H30N6O/c1-4-31-22-7-5-6-20(16-22)26-23-18(2)17-25-24(28-23)27-19-8-10-21(11-9-19)30-14-12-29(3)13-15-30/h5-11,16-17H,4,12-15H2,1-3H3,(H2,25,26,27,28). The Kier molecular flexibility index (Phi) is 6.52. The van der Waals surface area contributed by atoms with Crippen LogP contribution in [-0.2, 0) is 0 Å². The van der Waals surface area contributed by atoms with Crippen molar-refractivity contribution in [3.8, 4) is 5.75 Å². The van der Waals surface area contributed by atoms with E-state index in [4.69, 9.17) is 4.74 Å². The van der Waals surface area contributed by atoms with E-state index in [-0.39, 0.29) is 0 Å². The van der Waals surface area contributed by atoms with E-state index < -0.39 is 0 Å². The number of aryl methyl sites for hydroxylation is 1. The third kappa shape index (κ3) is 5.44. The normalized spacial score (nSPS) is 14.4. The Labute approximate surface area is 184 Å². The van der Waals surface area contributed by atoms with Gasteiger partial charge in [0.25, 0.3) is 0 Å². The molecule has 7 nitrogen and oxygen atoms in total. The molecule has 0 amide bonds. The fourth-order valence-electron chi connectivity index (χ4n) is 3.55. The first-order valence-electron chi connectivity index (χ1n) is 10.7. The summed E-state index contributed by atoms with van der Waals surface area (Å²) in [5.74, 6) is 2.15. The van der Waals surface area contributed by atoms with Gasteiger partial charge in [-0.2, -0.15) is 4.98 Å².